The Morgan fingerprint density at radius 2 is 1.77 bits per heavy atom. The van der Waals surface area contributed by atoms with Gasteiger partial charge in [0.1, 0.15) is 0 Å². The van der Waals surface area contributed by atoms with Crippen molar-refractivity contribution in [3.05, 3.63) is 65.2 Å². The van der Waals surface area contributed by atoms with Gasteiger partial charge in [0.25, 0.3) is 0 Å². The third-order valence-electron chi connectivity index (χ3n) is 6.26. The van der Waals surface area contributed by atoms with Crippen molar-refractivity contribution in [2.24, 2.45) is 5.92 Å². The number of nitrogens with one attached hydrogen (secondary N) is 1. The third-order valence-corrected chi connectivity index (χ3v) is 6.51. The molecule has 1 saturated carbocycles. The second kappa shape index (κ2) is 8.02. The van der Waals surface area contributed by atoms with Crippen LogP contribution in [0.4, 0.5) is 5.69 Å². The van der Waals surface area contributed by atoms with Crippen LogP contribution in [-0.4, -0.2) is 26.2 Å². The molecule has 2 aromatic rings. The maximum Gasteiger partial charge on any atom is 0.0406 e. The molecule has 1 heterocycles. The minimum Gasteiger partial charge on any atom is -0.370 e. The quantitative estimate of drug-likeness (QED) is 0.747. The van der Waals surface area contributed by atoms with Crippen molar-refractivity contribution >= 4 is 17.3 Å². The van der Waals surface area contributed by atoms with Gasteiger partial charge < -0.3 is 10.2 Å². The van der Waals surface area contributed by atoms with Crippen LogP contribution < -0.4 is 10.2 Å². The van der Waals surface area contributed by atoms with Gasteiger partial charge in [-0.3, -0.25) is 0 Å². The number of anilines is 1. The molecule has 0 radical (unpaired) electrons. The molecule has 0 spiro atoms. The molecule has 4 rings (SSSR count). The van der Waals surface area contributed by atoms with Gasteiger partial charge in [0, 0.05) is 29.2 Å². The highest BCUT2D eigenvalue weighted by atomic mass is 35.5. The third kappa shape index (κ3) is 3.92. The van der Waals surface area contributed by atoms with Crippen LogP contribution in [0.3, 0.4) is 0 Å². The molecule has 1 aliphatic carbocycles. The standard InChI is InChI=1S/C23H29ClN2/c24-21-11-9-20(10-12-21)23(13-5-14-23)18-26(22-7-2-1-3-8-22)17-19-6-4-15-25-16-19/h1-3,7-12,19,25H,4-6,13-18H2. The number of rotatable bonds is 6. The molecule has 0 bridgehead atoms. The number of benzene rings is 2. The summed E-state index contributed by atoms with van der Waals surface area (Å²) in [6, 6.07) is 19.6. The SMILES string of the molecule is Clc1ccc(C2(CN(CC3CCCNC3)c3ccccc3)CCC2)cc1. The minimum absolute atomic E-state index is 0.280. The van der Waals surface area contributed by atoms with Crippen LogP contribution in [0.2, 0.25) is 5.02 Å². The number of hydrogen-bond donors (Lipinski definition) is 1. The van der Waals surface area contributed by atoms with Gasteiger partial charge >= 0.3 is 0 Å². The summed E-state index contributed by atoms with van der Waals surface area (Å²) in [5.74, 6) is 0.742. The highest BCUT2D eigenvalue weighted by Gasteiger charge is 2.40. The topological polar surface area (TPSA) is 15.3 Å². The molecule has 1 saturated heterocycles. The Morgan fingerprint density at radius 3 is 2.38 bits per heavy atom. The zero-order valence-corrected chi connectivity index (χ0v) is 16.2. The molecule has 3 heteroatoms. The number of nitrogens with zero attached hydrogens (tertiary/aromatic N) is 1. The van der Waals surface area contributed by atoms with E-state index in [0.29, 0.717) is 0 Å². The van der Waals surface area contributed by atoms with Crippen molar-refractivity contribution in [1.29, 1.82) is 0 Å². The molecule has 2 nitrogen and oxygen atoms in total. The summed E-state index contributed by atoms with van der Waals surface area (Å²) in [6.07, 6.45) is 6.53. The average Bonchev–Trinajstić information content (AvgIpc) is 2.66. The molecule has 0 aromatic heterocycles. The van der Waals surface area contributed by atoms with Crippen molar-refractivity contribution in [1.82, 2.24) is 5.32 Å². The molecule has 2 aromatic carbocycles. The first kappa shape index (κ1) is 17.9. The first-order chi connectivity index (χ1) is 12.8. The van der Waals surface area contributed by atoms with E-state index >= 15 is 0 Å². The highest BCUT2D eigenvalue weighted by molar-refractivity contribution is 6.30. The smallest absolute Gasteiger partial charge is 0.0406 e. The summed E-state index contributed by atoms with van der Waals surface area (Å²) in [6.45, 7) is 4.58. The van der Waals surface area contributed by atoms with E-state index in [-0.39, 0.29) is 5.41 Å². The number of para-hydroxylation sites is 1. The van der Waals surface area contributed by atoms with Gasteiger partial charge in [-0.2, -0.15) is 0 Å². The van der Waals surface area contributed by atoms with Crippen LogP contribution in [0.5, 0.6) is 0 Å². The van der Waals surface area contributed by atoms with Gasteiger partial charge in [0.05, 0.1) is 0 Å². The Hall–Kier alpha value is -1.51. The summed E-state index contributed by atoms with van der Waals surface area (Å²) < 4.78 is 0. The van der Waals surface area contributed by atoms with Crippen LogP contribution in [0.15, 0.2) is 54.6 Å². The first-order valence-corrected chi connectivity index (χ1v) is 10.4. The Labute approximate surface area is 162 Å². The van der Waals surface area contributed by atoms with Gasteiger partial charge in [-0.05, 0) is 74.5 Å². The van der Waals surface area contributed by atoms with Gasteiger partial charge in [-0.25, -0.2) is 0 Å². The van der Waals surface area contributed by atoms with E-state index in [1.807, 2.05) is 0 Å². The highest BCUT2D eigenvalue weighted by Crippen LogP contribution is 2.45. The van der Waals surface area contributed by atoms with E-state index in [4.69, 9.17) is 11.6 Å². The van der Waals surface area contributed by atoms with Gasteiger partial charge in [0.15, 0.2) is 0 Å². The molecule has 0 amide bonds. The van der Waals surface area contributed by atoms with E-state index in [0.717, 1.165) is 30.6 Å². The van der Waals surface area contributed by atoms with Crippen molar-refractivity contribution in [2.75, 3.05) is 31.1 Å². The van der Waals surface area contributed by atoms with Crippen molar-refractivity contribution in [3.63, 3.8) is 0 Å². The zero-order valence-electron chi connectivity index (χ0n) is 15.5. The number of halogens is 1. The molecule has 2 aliphatic rings. The van der Waals surface area contributed by atoms with E-state index in [1.54, 1.807) is 0 Å². The van der Waals surface area contributed by atoms with E-state index in [9.17, 15) is 0 Å². The normalized spacial score (nSPS) is 21.8. The lowest BCUT2D eigenvalue weighted by Gasteiger charge is -2.47. The van der Waals surface area contributed by atoms with Gasteiger partial charge in [-0.1, -0.05) is 48.4 Å². The Balaban J connectivity index is 1.57. The maximum atomic E-state index is 6.14. The lowest BCUT2D eigenvalue weighted by Crippen LogP contribution is -2.48. The molecule has 1 N–H and O–H groups in total. The Kier molecular flexibility index (Phi) is 5.52. The summed E-state index contributed by atoms with van der Waals surface area (Å²) in [4.78, 5) is 2.64. The molecule has 1 aliphatic heterocycles. The lowest BCUT2D eigenvalue weighted by molar-refractivity contribution is 0.241. The van der Waals surface area contributed by atoms with Crippen LogP contribution in [0, 0.1) is 5.92 Å². The summed E-state index contributed by atoms with van der Waals surface area (Å²) in [5.41, 5.74) is 3.09. The summed E-state index contributed by atoms with van der Waals surface area (Å²) in [5, 5.41) is 4.41. The predicted molar refractivity (Wildman–Crippen MR) is 111 cm³/mol. The van der Waals surface area contributed by atoms with Crippen molar-refractivity contribution in [2.45, 2.75) is 37.5 Å². The largest absolute Gasteiger partial charge is 0.370 e. The number of hydrogen-bond acceptors (Lipinski definition) is 2. The number of piperidine rings is 1. The molecule has 138 valence electrons. The van der Waals surface area contributed by atoms with Crippen LogP contribution in [0.1, 0.15) is 37.7 Å². The van der Waals surface area contributed by atoms with Crippen molar-refractivity contribution < 1.29 is 0 Å². The first-order valence-electron chi connectivity index (χ1n) is 10.0. The fraction of sp³-hybridized carbons (Fsp3) is 0.478. The Morgan fingerprint density at radius 1 is 1.00 bits per heavy atom. The van der Waals surface area contributed by atoms with Crippen molar-refractivity contribution in [3.8, 4) is 0 Å². The molecule has 1 unspecified atom stereocenters. The Bertz CT molecular complexity index is 688. The molecule has 1 atom stereocenters. The average molecular weight is 369 g/mol. The maximum absolute atomic E-state index is 6.14. The fourth-order valence-electron chi connectivity index (χ4n) is 4.60. The molecule has 2 fully saturated rings. The van der Waals surface area contributed by atoms with Gasteiger partial charge in [-0.15, -0.1) is 0 Å². The summed E-state index contributed by atoms with van der Waals surface area (Å²) >= 11 is 6.14. The summed E-state index contributed by atoms with van der Waals surface area (Å²) in [7, 11) is 0. The molecular formula is C23H29ClN2. The monoisotopic (exact) mass is 368 g/mol. The fourth-order valence-corrected chi connectivity index (χ4v) is 4.73. The second-order valence-electron chi connectivity index (χ2n) is 8.07. The minimum atomic E-state index is 0.280. The molecule has 26 heavy (non-hydrogen) atoms. The van der Waals surface area contributed by atoms with Crippen LogP contribution >= 0.6 is 11.6 Å². The zero-order chi connectivity index (χ0) is 17.8. The van der Waals surface area contributed by atoms with E-state index < -0.39 is 0 Å². The predicted octanol–water partition coefficient (Wildman–Crippen LogP) is 5.27. The lowest BCUT2D eigenvalue weighted by atomic mass is 9.64. The van der Waals surface area contributed by atoms with Crippen LogP contribution in [0.25, 0.3) is 0 Å². The van der Waals surface area contributed by atoms with E-state index in [2.05, 4.69) is 64.8 Å². The molecular weight excluding hydrogens is 340 g/mol. The van der Waals surface area contributed by atoms with E-state index in [1.165, 1.54) is 49.9 Å². The second-order valence-corrected chi connectivity index (χ2v) is 8.51. The van der Waals surface area contributed by atoms with Gasteiger partial charge in [0.2, 0.25) is 0 Å². The van der Waals surface area contributed by atoms with Crippen LogP contribution in [-0.2, 0) is 5.41 Å².